The van der Waals surface area contributed by atoms with Gasteiger partial charge < -0.3 is 25.0 Å². The van der Waals surface area contributed by atoms with Crippen LogP contribution in [-0.4, -0.2) is 76.4 Å². The van der Waals surface area contributed by atoms with Gasteiger partial charge >= 0.3 is 0 Å². The fourth-order valence-electron chi connectivity index (χ4n) is 2.56. The second-order valence-corrected chi connectivity index (χ2v) is 5.84. The van der Waals surface area contributed by atoms with Gasteiger partial charge in [-0.25, -0.2) is 0 Å². The van der Waals surface area contributed by atoms with Gasteiger partial charge in [0.05, 0.1) is 19.8 Å². The first kappa shape index (κ1) is 24.4. The summed E-state index contributed by atoms with van der Waals surface area (Å²) in [6.07, 6.45) is 4.93. The maximum absolute atomic E-state index is 11.9. The lowest BCUT2D eigenvalue weighted by Crippen LogP contribution is -2.39. The lowest BCUT2D eigenvalue weighted by molar-refractivity contribution is -0.130. The van der Waals surface area contributed by atoms with Crippen molar-refractivity contribution in [3.05, 3.63) is 0 Å². The molecule has 0 saturated carbocycles. The number of guanidine groups is 1. The third-order valence-corrected chi connectivity index (χ3v) is 3.84. The molecule has 0 aromatic carbocycles. The molecule has 8 heteroatoms. The molecular weight excluding hydrogens is 435 g/mol. The molecule has 1 saturated heterocycles. The quantitative estimate of drug-likeness (QED) is 0.208. The summed E-state index contributed by atoms with van der Waals surface area (Å²) >= 11 is 0. The standard InChI is InChI=1S/C17H34N4O3.HI/c1-3-18-17(20-10-13-24-15-14-23-2)19-9-7-12-21-11-6-4-5-8-16(21)22;/h3-15H2,1-2H3,(H2,18,19,20);1H. The molecule has 1 rings (SSSR count). The van der Waals surface area contributed by atoms with E-state index in [0.29, 0.717) is 45.2 Å². The molecular formula is C17H35IN4O3. The predicted molar refractivity (Wildman–Crippen MR) is 112 cm³/mol. The summed E-state index contributed by atoms with van der Waals surface area (Å²) in [6.45, 7) is 7.84. The molecule has 2 N–H and O–H groups in total. The Labute approximate surface area is 169 Å². The van der Waals surface area contributed by atoms with E-state index in [9.17, 15) is 4.79 Å². The Morgan fingerprint density at radius 1 is 1.20 bits per heavy atom. The van der Waals surface area contributed by atoms with Gasteiger partial charge in [-0.05, 0) is 26.2 Å². The maximum Gasteiger partial charge on any atom is 0.222 e. The van der Waals surface area contributed by atoms with Crippen LogP contribution in [0.1, 0.15) is 39.0 Å². The summed E-state index contributed by atoms with van der Waals surface area (Å²) in [6, 6.07) is 0. The maximum atomic E-state index is 11.9. The highest BCUT2D eigenvalue weighted by atomic mass is 127. The molecule has 0 radical (unpaired) electrons. The zero-order chi connectivity index (χ0) is 17.5. The number of methoxy groups -OCH3 is 1. The van der Waals surface area contributed by atoms with Gasteiger partial charge in [-0.3, -0.25) is 9.79 Å². The first-order valence-corrected chi connectivity index (χ1v) is 9.14. The summed E-state index contributed by atoms with van der Waals surface area (Å²) in [5.74, 6) is 1.10. The monoisotopic (exact) mass is 470 g/mol. The number of hydrogen-bond acceptors (Lipinski definition) is 4. The van der Waals surface area contributed by atoms with E-state index in [1.165, 1.54) is 6.42 Å². The van der Waals surface area contributed by atoms with Crippen molar-refractivity contribution in [2.45, 2.75) is 39.0 Å². The van der Waals surface area contributed by atoms with Gasteiger partial charge in [0.1, 0.15) is 0 Å². The number of ether oxygens (including phenoxy) is 2. The van der Waals surface area contributed by atoms with E-state index in [0.717, 1.165) is 44.9 Å². The number of nitrogens with zero attached hydrogens (tertiary/aromatic N) is 2. The number of halogens is 1. The van der Waals surface area contributed by atoms with Crippen LogP contribution in [0.15, 0.2) is 4.99 Å². The fourth-order valence-corrected chi connectivity index (χ4v) is 2.56. The Morgan fingerprint density at radius 3 is 2.80 bits per heavy atom. The van der Waals surface area contributed by atoms with E-state index in [1.54, 1.807) is 7.11 Å². The number of nitrogens with one attached hydrogen (secondary N) is 2. The molecule has 0 aromatic rings. The van der Waals surface area contributed by atoms with Crippen molar-refractivity contribution in [3.8, 4) is 0 Å². The topological polar surface area (TPSA) is 75.2 Å². The highest BCUT2D eigenvalue weighted by Crippen LogP contribution is 2.11. The summed E-state index contributed by atoms with van der Waals surface area (Å²) in [5.41, 5.74) is 0. The molecule has 0 atom stereocenters. The van der Waals surface area contributed by atoms with Crippen molar-refractivity contribution < 1.29 is 14.3 Å². The Hall–Kier alpha value is -0.610. The van der Waals surface area contributed by atoms with Crippen LogP contribution in [0.2, 0.25) is 0 Å². The number of aliphatic imine (C=N–C) groups is 1. The second kappa shape index (κ2) is 16.8. The number of hydrogen-bond donors (Lipinski definition) is 2. The molecule has 0 aliphatic carbocycles. The average Bonchev–Trinajstić information content (AvgIpc) is 2.79. The first-order chi connectivity index (χ1) is 11.8. The molecule has 0 spiro atoms. The van der Waals surface area contributed by atoms with Crippen LogP contribution < -0.4 is 10.6 Å². The summed E-state index contributed by atoms with van der Waals surface area (Å²) in [7, 11) is 1.66. The molecule has 1 aliphatic heterocycles. The van der Waals surface area contributed by atoms with Crippen LogP contribution in [0.25, 0.3) is 0 Å². The van der Waals surface area contributed by atoms with Gasteiger partial charge in [0.2, 0.25) is 5.91 Å². The zero-order valence-corrected chi connectivity index (χ0v) is 18.1. The van der Waals surface area contributed by atoms with Crippen molar-refractivity contribution in [2.24, 2.45) is 4.99 Å². The Balaban J connectivity index is 0.00000576. The normalized spacial score (nSPS) is 15.5. The highest BCUT2D eigenvalue weighted by molar-refractivity contribution is 14.0. The molecule has 0 unspecified atom stereocenters. The number of likely N-dealkylation sites (tertiary alicyclic amines) is 1. The minimum Gasteiger partial charge on any atom is -0.382 e. The number of rotatable bonds is 11. The molecule has 1 aliphatic rings. The average molecular weight is 470 g/mol. The highest BCUT2D eigenvalue weighted by Gasteiger charge is 2.15. The molecule has 0 aromatic heterocycles. The molecule has 0 bridgehead atoms. The smallest absolute Gasteiger partial charge is 0.222 e. The molecule has 7 nitrogen and oxygen atoms in total. The number of carbonyl (C=O) groups is 1. The lowest BCUT2D eigenvalue weighted by atomic mass is 10.2. The van der Waals surface area contributed by atoms with Crippen LogP contribution in [0.4, 0.5) is 0 Å². The number of amides is 1. The minimum atomic E-state index is 0. The third kappa shape index (κ3) is 12.4. The van der Waals surface area contributed by atoms with Gasteiger partial charge in [-0.2, -0.15) is 0 Å². The Morgan fingerprint density at radius 2 is 2.04 bits per heavy atom. The van der Waals surface area contributed by atoms with Gasteiger partial charge in [0.15, 0.2) is 5.96 Å². The van der Waals surface area contributed by atoms with E-state index < -0.39 is 0 Å². The molecule has 148 valence electrons. The van der Waals surface area contributed by atoms with Crippen molar-refractivity contribution in [2.75, 3.05) is 59.7 Å². The predicted octanol–water partition coefficient (Wildman–Crippen LogP) is 1.62. The van der Waals surface area contributed by atoms with Gasteiger partial charge in [-0.1, -0.05) is 6.42 Å². The summed E-state index contributed by atoms with van der Waals surface area (Å²) in [4.78, 5) is 18.5. The SMILES string of the molecule is CCNC(=NCCCN1CCCCCC1=O)NCCOCCOC.I. The molecule has 1 amide bonds. The largest absolute Gasteiger partial charge is 0.382 e. The Kier molecular flexibility index (Phi) is 16.4. The van der Waals surface area contributed by atoms with E-state index in [2.05, 4.69) is 15.6 Å². The van der Waals surface area contributed by atoms with Crippen molar-refractivity contribution in [1.29, 1.82) is 0 Å². The zero-order valence-electron chi connectivity index (χ0n) is 15.7. The van der Waals surface area contributed by atoms with Crippen molar-refractivity contribution in [3.63, 3.8) is 0 Å². The van der Waals surface area contributed by atoms with Crippen LogP contribution in [0.3, 0.4) is 0 Å². The van der Waals surface area contributed by atoms with Crippen LogP contribution in [-0.2, 0) is 14.3 Å². The van der Waals surface area contributed by atoms with Gasteiger partial charge in [0.25, 0.3) is 0 Å². The lowest BCUT2D eigenvalue weighted by Gasteiger charge is -2.20. The molecule has 25 heavy (non-hydrogen) atoms. The van der Waals surface area contributed by atoms with E-state index in [1.807, 2.05) is 11.8 Å². The summed E-state index contributed by atoms with van der Waals surface area (Å²) < 4.78 is 10.3. The van der Waals surface area contributed by atoms with Crippen LogP contribution in [0, 0.1) is 0 Å². The fraction of sp³-hybridized carbons (Fsp3) is 0.882. The van der Waals surface area contributed by atoms with E-state index >= 15 is 0 Å². The van der Waals surface area contributed by atoms with Crippen molar-refractivity contribution >= 4 is 35.8 Å². The molecule has 1 heterocycles. The van der Waals surface area contributed by atoms with Crippen LogP contribution in [0.5, 0.6) is 0 Å². The van der Waals surface area contributed by atoms with E-state index in [4.69, 9.17) is 9.47 Å². The second-order valence-electron chi connectivity index (χ2n) is 5.84. The van der Waals surface area contributed by atoms with Crippen LogP contribution >= 0.6 is 24.0 Å². The van der Waals surface area contributed by atoms with E-state index in [-0.39, 0.29) is 24.0 Å². The Bertz CT molecular complexity index is 370. The third-order valence-electron chi connectivity index (χ3n) is 3.84. The van der Waals surface area contributed by atoms with Crippen molar-refractivity contribution in [1.82, 2.24) is 15.5 Å². The number of carbonyl (C=O) groups excluding carboxylic acids is 1. The first-order valence-electron chi connectivity index (χ1n) is 9.14. The van der Waals surface area contributed by atoms with Gasteiger partial charge in [-0.15, -0.1) is 24.0 Å². The summed E-state index contributed by atoms with van der Waals surface area (Å²) in [5, 5.41) is 6.47. The minimum absolute atomic E-state index is 0. The molecule has 1 fully saturated rings. The van der Waals surface area contributed by atoms with Gasteiger partial charge in [0, 0.05) is 46.3 Å².